The van der Waals surface area contributed by atoms with E-state index in [2.05, 4.69) is 6.58 Å². The predicted molar refractivity (Wildman–Crippen MR) is 53.5 cm³/mol. The Balaban J connectivity index is 3.56. The summed E-state index contributed by atoms with van der Waals surface area (Å²) in [5.41, 5.74) is -1.90. The molecule has 0 atom stereocenters. The summed E-state index contributed by atoms with van der Waals surface area (Å²) < 4.78 is 60.2. The number of hydrogen-bond donors (Lipinski definition) is 0. The molecule has 0 aromatic heterocycles. The van der Waals surface area contributed by atoms with Gasteiger partial charge in [-0.3, -0.25) is 0 Å². The van der Waals surface area contributed by atoms with Gasteiger partial charge in [-0.25, -0.2) is 8.42 Å². The first-order valence-electron chi connectivity index (χ1n) is 4.21. The molecule has 0 aliphatic rings. The summed E-state index contributed by atoms with van der Waals surface area (Å²) in [6.07, 6.45) is -4.78. The predicted octanol–water partition coefficient (Wildman–Crippen LogP) is 2.49. The van der Waals surface area contributed by atoms with Crippen molar-refractivity contribution in [1.29, 1.82) is 5.26 Å². The van der Waals surface area contributed by atoms with Gasteiger partial charge in [0.15, 0.2) is 9.84 Å². The fourth-order valence-electron chi connectivity index (χ4n) is 1.13. The number of hydrogen-bond acceptors (Lipinski definition) is 3. The summed E-state index contributed by atoms with van der Waals surface area (Å²) in [6, 6.07) is 3.54. The van der Waals surface area contributed by atoms with Gasteiger partial charge in [0.1, 0.15) is 0 Å². The van der Waals surface area contributed by atoms with Crippen LogP contribution in [0.4, 0.5) is 13.2 Å². The van der Waals surface area contributed by atoms with Crippen LogP contribution in [0.2, 0.25) is 0 Å². The highest BCUT2D eigenvalue weighted by molar-refractivity contribution is 7.94. The third-order valence-electron chi connectivity index (χ3n) is 1.96. The van der Waals surface area contributed by atoms with Crippen molar-refractivity contribution in [2.45, 2.75) is 11.1 Å². The van der Waals surface area contributed by atoms with Gasteiger partial charge in [0, 0.05) is 5.41 Å². The zero-order valence-electron chi connectivity index (χ0n) is 8.32. The average molecular weight is 261 g/mol. The normalized spacial score (nSPS) is 11.9. The molecule has 1 aromatic rings. The zero-order valence-corrected chi connectivity index (χ0v) is 9.14. The number of sulfone groups is 1. The molecule has 0 heterocycles. The Morgan fingerprint density at radius 3 is 2.35 bits per heavy atom. The number of benzene rings is 1. The van der Waals surface area contributed by atoms with E-state index in [4.69, 9.17) is 5.26 Å². The minimum Gasteiger partial charge on any atom is -0.219 e. The Labute approximate surface area is 95.7 Å². The summed E-state index contributed by atoms with van der Waals surface area (Å²) >= 11 is 0. The van der Waals surface area contributed by atoms with Crippen LogP contribution in [-0.4, -0.2) is 8.42 Å². The number of halogens is 3. The molecule has 7 heteroatoms. The van der Waals surface area contributed by atoms with Crippen LogP contribution in [0.1, 0.15) is 11.1 Å². The summed E-state index contributed by atoms with van der Waals surface area (Å²) in [5, 5.41) is 9.06. The first-order valence-corrected chi connectivity index (χ1v) is 5.76. The average Bonchev–Trinajstić information content (AvgIpc) is 2.27. The number of nitriles is 1. The van der Waals surface area contributed by atoms with Gasteiger partial charge < -0.3 is 0 Å². The number of rotatable bonds is 2. The van der Waals surface area contributed by atoms with Crippen LogP contribution < -0.4 is 0 Å². The van der Waals surface area contributed by atoms with E-state index in [-0.39, 0.29) is 0 Å². The molecule has 17 heavy (non-hydrogen) atoms. The molecule has 0 spiro atoms. The Kier molecular flexibility index (Phi) is 3.29. The van der Waals surface area contributed by atoms with Crippen molar-refractivity contribution in [2.24, 2.45) is 0 Å². The highest BCUT2D eigenvalue weighted by Crippen LogP contribution is 2.33. The van der Waals surface area contributed by atoms with Gasteiger partial charge in [0.2, 0.25) is 0 Å². The van der Waals surface area contributed by atoms with Crippen molar-refractivity contribution >= 4 is 9.84 Å². The van der Waals surface area contributed by atoms with Gasteiger partial charge in [0.05, 0.1) is 22.1 Å². The lowest BCUT2D eigenvalue weighted by atomic mass is 10.1. The highest BCUT2D eigenvalue weighted by Gasteiger charge is 2.34. The molecule has 90 valence electrons. The van der Waals surface area contributed by atoms with Crippen molar-refractivity contribution in [3.05, 3.63) is 41.3 Å². The number of alkyl halides is 3. The Hall–Kier alpha value is -1.81. The lowest BCUT2D eigenvalue weighted by Gasteiger charge is -2.09. The van der Waals surface area contributed by atoms with E-state index in [1.165, 1.54) is 6.07 Å². The summed E-state index contributed by atoms with van der Waals surface area (Å²) in [7, 11) is -3.95. The van der Waals surface area contributed by atoms with Gasteiger partial charge in [-0.1, -0.05) is 6.58 Å². The van der Waals surface area contributed by atoms with Crippen molar-refractivity contribution in [3.63, 3.8) is 0 Å². The van der Waals surface area contributed by atoms with E-state index in [0.717, 1.165) is 12.1 Å². The summed E-state index contributed by atoms with van der Waals surface area (Å²) in [5.74, 6) is 0. The Morgan fingerprint density at radius 2 is 1.94 bits per heavy atom. The smallest absolute Gasteiger partial charge is 0.219 e. The molecule has 0 bridgehead atoms. The first kappa shape index (κ1) is 13.3. The van der Waals surface area contributed by atoms with Gasteiger partial charge >= 0.3 is 6.18 Å². The third-order valence-corrected chi connectivity index (χ3v) is 3.31. The molecule has 0 unspecified atom stereocenters. The molecule has 0 fully saturated rings. The van der Waals surface area contributed by atoms with Gasteiger partial charge in [0.25, 0.3) is 0 Å². The molecule has 0 amide bonds. The minimum atomic E-state index is -4.78. The monoisotopic (exact) mass is 261 g/mol. The van der Waals surface area contributed by atoms with Crippen LogP contribution in [0.5, 0.6) is 0 Å². The van der Waals surface area contributed by atoms with Crippen LogP contribution in [0.3, 0.4) is 0 Å². The first-order chi connectivity index (χ1) is 7.72. The maximum absolute atomic E-state index is 12.5. The van der Waals surface area contributed by atoms with Crippen molar-refractivity contribution in [1.82, 2.24) is 0 Å². The molecule has 0 saturated carbocycles. The largest absolute Gasteiger partial charge is 0.417 e. The third kappa shape index (κ3) is 2.65. The SMILES string of the molecule is C=CS(=O)(=O)c1ccc(C#N)c(C(F)(F)F)c1. The number of nitrogens with zero attached hydrogens (tertiary/aromatic N) is 1. The van der Waals surface area contributed by atoms with Gasteiger partial charge in [-0.15, -0.1) is 0 Å². The molecular weight excluding hydrogens is 255 g/mol. The quantitative estimate of drug-likeness (QED) is 0.821. The lowest BCUT2D eigenvalue weighted by molar-refractivity contribution is -0.137. The van der Waals surface area contributed by atoms with E-state index in [1.54, 1.807) is 0 Å². The Morgan fingerprint density at radius 1 is 1.35 bits per heavy atom. The van der Waals surface area contributed by atoms with E-state index in [1.807, 2.05) is 0 Å². The van der Waals surface area contributed by atoms with Crippen molar-refractivity contribution in [3.8, 4) is 6.07 Å². The second kappa shape index (κ2) is 4.22. The topological polar surface area (TPSA) is 57.9 Å². The molecule has 1 aromatic carbocycles. The second-order valence-electron chi connectivity index (χ2n) is 3.03. The Bertz CT molecular complexity index is 597. The highest BCUT2D eigenvalue weighted by atomic mass is 32.2. The van der Waals surface area contributed by atoms with E-state index in [9.17, 15) is 21.6 Å². The van der Waals surface area contributed by atoms with E-state index < -0.39 is 32.0 Å². The lowest BCUT2D eigenvalue weighted by Crippen LogP contribution is -2.09. The molecule has 0 aliphatic carbocycles. The van der Waals surface area contributed by atoms with E-state index in [0.29, 0.717) is 11.5 Å². The second-order valence-corrected chi connectivity index (χ2v) is 4.92. The van der Waals surface area contributed by atoms with Crippen LogP contribution >= 0.6 is 0 Å². The van der Waals surface area contributed by atoms with Crippen LogP contribution in [0.25, 0.3) is 0 Å². The summed E-state index contributed by atoms with van der Waals surface area (Å²) in [4.78, 5) is -0.543. The summed E-state index contributed by atoms with van der Waals surface area (Å²) in [6.45, 7) is 3.01. The molecule has 3 nitrogen and oxygen atoms in total. The maximum Gasteiger partial charge on any atom is 0.417 e. The van der Waals surface area contributed by atoms with Crippen LogP contribution in [-0.2, 0) is 16.0 Å². The van der Waals surface area contributed by atoms with Gasteiger partial charge in [-0.2, -0.15) is 18.4 Å². The minimum absolute atomic E-state index is 0.426. The fourth-order valence-corrected chi connectivity index (χ4v) is 1.86. The molecule has 0 saturated heterocycles. The standard InChI is InChI=1S/C10H6F3NO2S/c1-2-17(15,16)8-4-3-7(6-14)9(5-8)10(11,12)13/h2-5H,1H2. The van der Waals surface area contributed by atoms with Gasteiger partial charge in [-0.05, 0) is 18.2 Å². The molecule has 0 N–H and O–H groups in total. The molecular formula is C10H6F3NO2S. The molecule has 0 aliphatic heterocycles. The molecule has 1 rings (SSSR count). The zero-order chi connectivity index (χ0) is 13.3. The van der Waals surface area contributed by atoms with E-state index >= 15 is 0 Å². The van der Waals surface area contributed by atoms with Crippen LogP contribution in [0, 0.1) is 11.3 Å². The maximum atomic E-state index is 12.5. The fraction of sp³-hybridized carbons (Fsp3) is 0.100. The molecule has 0 radical (unpaired) electrons. The van der Waals surface area contributed by atoms with Crippen LogP contribution in [0.15, 0.2) is 35.1 Å². The van der Waals surface area contributed by atoms with Crippen molar-refractivity contribution in [2.75, 3.05) is 0 Å². The van der Waals surface area contributed by atoms with Crippen molar-refractivity contribution < 1.29 is 21.6 Å².